The third kappa shape index (κ3) is 4.11. The number of nitrogen functional groups attached to an aromatic ring is 1. The Kier molecular flexibility index (Phi) is 4.76. The van der Waals surface area contributed by atoms with Gasteiger partial charge in [-0.3, -0.25) is 14.9 Å². The number of nitrogens with two attached hydrogens (primary N) is 1. The first-order valence-corrected chi connectivity index (χ1v) is 7.10. The summed E-state index contributed by atoms with van der Waals surface area (Å²) in [5.41, 5.74) is 4.95. The summed E-state index contributed by atoms with van der Waals surface area (Å²) in [5.74, 6) is -2.07. The Morgan fingerprint density at radius 2 is 2.04 bits per heavy atom. The van der Waals surface area contributed by atoms with Gasteiger partial charge in [-0.25, -0.2) is 0 Å². The van der Waals surface area contributed by atoms with E-state index >= 15 is 0 Å². The van der Waals surface area contributed by atoms with Crippen LogP contribution >= 0.6 is 0 Å². The zero-order valence-corrected chi connectivity index (χ0v) is 12.1. The third-order valence-corrected chi connectivity index (χ3v) is 3.96. The van der Waals surface area contributed by atoms with E-state index in [4.69, 9.17) is 5.73 Å². The molecule has 0 aliphatic heterocycles. The molecular weight excluding hydrogens is 315 g/mol. The molecule has 1 amide bonds. The molecule has 9 heteroatoms. The van der Waals surface area contributed by atoms with Crippen LogP contribution in [0.25, 0.3) is 0 Å². The first kappa shape index (κ1) is 17.0. The third-order valence-electron chi connectivity index (χ3n) is 3.96. The SMILES string of the molecule is Nc1ccc(C(=O)N[C@H]2CCC[C@@H](C(F)(F)F)C2)cc1[N+](=O)[O-]. The number of nitrogens with zero attached hydrogens (tertiary/aromatic N) is 1. The normalized spacial score (nSPS) is 21.7. The summed E-state index contributed by atoms with van der Waals surface area (Å²) in [7, 11) is 0. The van der Waals surface area contributed by atoms with E-state index in [1.807, 2.05) is 0 Å². The van der Waals surface area contributed by atoms with Crippen molar-refractivity contribution in [2.45, 2.75) is 37.9 Å². The topological polar surface area (TPSA) is 98.3 Å². The van der Waals surface area contributed by atoms with Gasteiger partial charge in [-0.15, -0.1) is 0 Å². The maximum absolute atomic E-state index is 12.8. The van der Waals surface area contributed by atoms with Crippen LogP contribution in [0.2, 0.25) is 0 Å². The number of nitro groups is 1. The average Bonchev–Trinajstić information content (AvgIpc) is 2.46. The van der Waals surface area contributed by atoms with Crippen molar-refractivity contribution in [1.29, 1.82) is 0 Å². The molecule has 0 radical (unpaired) electrons. The van der Waals surface area contributed by atoms with Gasteiger partial charge >= 0.3 is 6.18 Å². The molecule has 2 rings (SSSR count). The molecule has 6 nitrogen and oxygen atoms in total. The molecular formula is C14H16F3N3O3. The maximum atomic E-state index is 12.8. The van der Waals surface area contributed by atoms with Gasteiger partial charge in [0.15, 0.2) is 0 Å². The summed E-state index contributed by atoms with van der Waals surface area (Å²) in [5, 5.41) is 13.3. The lowest BCUT2D eigenvalue weighted by atomic mass is 9.85. The van der Waals surface area contributed by atoms with Gasteiger partial charge in [0.1, 0.15) is 5.69 Å². The van der Waals surface area contributed by atoms with Crippen LogP contribution in [0.4, 0.5) is 24.5 Å². The van der Waals surface area contributed by atoms with E-state index in [1.165, 1.54) is 12.1 Å². The largest absolute Gasteiger partial charge is 0.393 e. The maximum Gasteiger partial charge on any atom is 0.391 e. The predicted molar refractivity (Wildman–Crippen MR) is 76.8 cm³/mol. The molecule has 1 fully saturated rings. The molecule has 0 saturated heterocycles. The molecule has 126 valence electrons. The smallest absolute Gasteiger partial charge is 0.391 e. The molecule has 0 spiro atoms. The first-order chi connectivity index (χ1) is 10.7. The summed E-state index contributed by atoms with van der Waals surface area (Å²) in [4.78, 5) is 22.2. The predicted octanol–water partition coefficient (Wildman–Crippen LogP) is 3.03. The number of alkyl halides is 3. The highest BCUT2D eigenvalue weighted by Gasteiger charge is 2.42. The lowest BCUT2D eigenvalue weighted by Crippen LogP contribution is -2.41. The minimum absolute atomic E-state index is 0.0000298. The van der Waals surface area contributed by atoms with Gasteiger partial charge in [-0.1, -0.05) is 6.42 Å². The van der Waals surface area contributed by atoms with Crippen LogP contribution in [0.1, 0.15) is 36.0 Å². The van der Waals surface area contributed by atoms with Gasteiger partial charge in [-0.2, -0.15) is 13.2 Å². The van der Waals surface area contributed by atoms with Gasteiger partial charge in [0.2, 0.25) is 0 Å². The molecule has 3 N–H and O–H groups in total. The fourth-order valence-corrected chi connectivity index (χ4v) is 2.73. The quantitative estimate of drug-likeness (QED) is 0.505. The molecule has 1 aromatic carbocycles. The average molecular weight is 331 g/mol. The van der Waals surface area contributed by atoms with Crippen LogP contribution in [0.15, 0.2) is 18.2 Å². The molecule has 1 aromatic rings. The van der Waals surface area contributed by atoms with Gasteiger partial charge in [-0.05, 0) is 31.4 Å². The number of halogens is 3. The Bertz CT molecular complexity index is 619. The number of nitro benzene ring substituents is 1. The van der Waals surface area contributed by atoms with Crippen molar-refractivity contribution in [2.24, 2.45) is 5.92 Å². The molecule has 0 aromatic heterocycles. The minimum atomic E-state index is -4.27. The number of carbonyl (C=O) groups is 1. The van der Waals surface area contributed by atoms with Crippen LogP contribution in [0, 0.1) is 16.0 Å². The van der Waals surface area contributed by atoms with Crippen molar-refractivity contribution >= 4 is 17.3 Å². The number of nitrogens with one attached hydrogen (secondary N) is 1. The molecule has 1 aliphatic carbocycles. The molecule has 0 bridgehead atoms. The lowest BCUT2D eigenvalue weighted by molar-refractivity contribution is -0.383. The fraction of sp³-hybridized carbons (Fsp3) is 0.500. The molecule has 1 aliphatic rings. The van der Waals surface area contributed by atoms with E-state index in [1.54, 1.807) is 0 Å². The Hall–Kier alpha value is -2.32. The zero-order valence-electron chi connectivity index (χ0n) is 12.1. The van der Waals surface area contributed by atoms with Crippen molar-refractivity contribution < 1.29 is 22.9 Å². The summed E-state index contributed by atoms with van der Waals surface area (Å²) >= 11 is 0. The summed E-state index contributed by atoms with van der Waals surface area (Å²) in [6.07, 6.45) is -3.56. The number of anilines is 1. The van der Waals surface area contributed by atoms with Crippen LogP contribution in [0.3, 0.4) is 0 Å². The second-order valence-electron chi connectivity index (χ2n) is 5.61. The molecule has 1 saturated carbocycles. The van der Waals surface area contributed by atoms with Crippen molar-refractivity contribution in [3.63, 3.8) is 0 Å². The monoisotopic (exact) mass is 331 g/mol. The van der Waals surface area contributed by atoms with E-state index in [0.717, 1.165) is 6.07 Å². The number of rotatable bonds is 3. The molecule has 0 unspecified atom stereocenters. The van der Waals surface area contributed by atoms with Crippen LogP contribution in [0.5, 0.6) is 0 Å². The highest BCUT2D eigenvalue weighted by molar-refractivity contribution is 5.95. The number of carbonyl (C=O) groups excluding carboxylic acids is 1. The summed E-state index contributed by atoms with van der Waals surface area (Å²) < 4.78 is 38.3. The molecule has 2 atom stereocenters. The van der Waals surface area contributed by atoms with Gasteiger partial charge in [0.05, 0.1) is 10.8 Å². The molecule has 23 heavy (non-hydrogen) atoms. The van der Waals surface area contributed by atoms with E-state index in [2.05, 4.69) is 5.32 Å². The van der Waals surface area contributed by atoms with Gasteiger partial charge in [0, 0.05) is 17.7 Å². The standard InChI is InChI=1S/C14H16F3N3O3/c15-14(16,17)9-2-1-3-10(7-9)19-13(21)8-4-5-11(18)12(6-8)20(22)23/h4-6,9-10H,1-3,7,18H2,(H,19,21)/t9-,10+/m1/s1. The van der Waals surface area contributed by atoms with Crippen LogP contribution in [-0.2, 0) is 0 Å². The number of hydrogen-bond donors (Lipinski definition) is 2. The van der Waals surface area contributed by atoms with Gasteiger partial charge < -0.3 is 11.1 Å². The highest BCUT2D eigenvalue weighted by atomic mass is 19.4. The Balaban J connectivity index is 2.07. The Morgan fingerprint density at radius 3 is 2.65 bits per heavy atom. The fourth-order valence-electron chi connectivity index (χ4n) is 2.73. The van der Waals surface area contributed by atoms with E-state index < -0.39 is 34.7 Å². The van der Waals surface area contributed by atoms with E-state index in [9.17, 15) is 28.1 Å². The number of hydrogen-bond acceptors (Lipinski definition) is 4. The first-order valence-electron chi connectivity index (χ1n) is 7.10. The van der Waals surface area contributed by atoms with Crippen LogP contribution in [-0.4, -0.2) is 23.0 Å². The van der Waals surface area contributed by atoms with Gasteiger partial charge in [0.25, 0.3) is 11.6 Å². The highest BCUT2D eigenvalue weighted by Crippen LogP contribution is 2.37. The minimum Gasteiger partial charge on any atom is -0.393 e. The number of amides is 1. The van der Waals surface area contributed by atoms with Crippen LogP contribution < -0.4 is 11.1 Å². The number of benzene rings is 1. The zero-order chi connectivity index (χ0) is 17.2. The van der Waals surface area contributed by atoms with Crippen molar-refractivity contribution in [1.82, 2.24) is 5.32 Å². The molecule has 0 heterocycles. The van der Waals surface area contributed by atoms with Crippen molar-refractivity contribution in [3.8, 4) is 0 Å². The summed E-state index contributed by atoms with van der Waals surface area (Å²) in [6.45, 7) is 0. The van der Waals surface area contributed by atoms with Crippen molar-refractivity contribution in [3.05, 3.63) is 33.9 Å². The van der Waals surface area contributed by atoms with E-state index in [0.29, 0.717) is 12.8 Å². The van der Waals surface area contributed by atoms with Crippen molar-refractivity contribution in [2.75, 3.05) is 5.73 Å². The second-order valence-corrected chi connectivity index (χ2v) is 5.61. The second kappa shape index (κ2) is 6.43. The van der Waals surface area contributed by atoms with E-state index in [-0.39, 0.29) is 24.1 Å². The Morgan fingerprint density at radius 1 is 1.35 bits per heavy atom. The lowest BCUT2D eigenvalue weighted by Gasteiger charge is -2.31. The summed E-state index contributed by atoms with van der Waals surface area (Å²) in [6, 6.07) is 2.96. The Labute approximate surface area is 130 Å².